The first kappa shape index (κ1) is 14.1. The van der Waals surface area contributed by atoms with Gasteiger partial charge in [0.2, 0.25) is 0 Å². The van der Waals surface area contributed by atoms with Crippen LogP contribution in [0.15, 0.2) is 18.2 Å². The van der Waals surface area contributed by atoms with E-state index < -0.39 is 5.60 Å². The van der Waals surface area contributed by atoms with Crippen molar-refractivity contribution >= 4 is 23.2 Å². The number of aliphatic hydroxyl groups is 1. The van der Waals surface area contributed by atoms with E-state index in [1.165, 1.54) is 0 Å². The van der Waals surface area contributed by atoms with Crippen LogP contribution in [-0.4, -0.2) is 28.7 Å². The van der Waals surface area contributed by atoms with Gasteiger partial charge in [-0.25, -0.2) is 0 Å². The van der Waals surface area contributed by atoms with Crippen molar-refractivity contribution in [1.29, 1.82) is 0 Å². The Bertz CT molecular complexity index is 420. The lowest BCUT2D eigenvalue weighted by Crippen LogP contribution is -2.28. The topological polar surface area (TPSA) is 23.5 Å². The van der Waals surface area contributed by atoms with E-state index >= 15 is 0 Å². The maximum Gasteiger partial charge on any atom is 0.0637 e. The number of halogens is 2. The van der Waals surface area contributed by atoms with Crippen LogP contribution < -0.4 is 0 Å². The highest BCUT2D eigenvalue weighted by Crippen LogP contribution is 2.28. The molecular formula is C14H19Cl2NO. The van der Waals surface area contributed by atoms with Crippen LogP contribution in [0.5, 0.6) is 0 Å². The van der Waals surface area contributed by atoms with Gasteiger partial charge in [0.25, 0.3) is 0 Å². The Hall–Kier alpha value is -0.280. The molecule has 0 spiro atoms. The molecule has 1 saturated heterocycles. The lowest BCUT2D eigenvalue weighted by atomic mass is 9.98. The highest BCUT2D eigenvalue weighted by molar-refractivity contribution is 6.42. The SMILES string of the molecule is C[C@@]1(O)CCCN(Cc2cccc(Cl)c2Cl)CC1. The third-order valence-electron chi connectivity index (χ3n) is 3.58. The van der Waals surface area contributed by atoms with E-state index in [0.29, 0.717) is 10.0 Å². The quantitative estimate of drug-likeness (QED) is 0.896. The molecule has 0 aromatic heterocycles. The first-order valence-electron chi connectivity index (χ1n) is 6.35. The molecule has 0 radical (unpaired) electrons. The molecule has 0 bridgehead atoms. The second-order valence-electron chi connectivity index (χ2n) is 5.34. The van der Waals surface area contributed by atoms with Crippen LogP contribution in [0.4, 0.5) is 0 Å². The Balaban J connectivity index is 2.03. The Morgan fingerprint density at radius 2 is 2.06 bits per heavy atom. The van der Waals surface area contributed by atoms with Gasteiger partial charge in [-0.2, -0.15) is 0 Å². The monoisotopic (exact) mass is 287 g/mol. The number of rotatable bonds is 2. The molecule has 18 heavy (non-hydrogen) atoms. The van der Waals surface area contributed by atoms with Crippen molar-refractivity contribution in [2.24, 2.45) is 0 Å². The van der Waals surface area contributed by atoms with Crippen molar-refractivity contribution in [2.45, 2.75) is 38.3 Å². The normalized spacial score (nSPS) is 26.0. The Morgan fingerprint density at radius 3 is 2.83 bits per heavy atom. The molecule has 1 aromatic carbocycles. The van der Waals surface area contributed by atoms with Crippen molar-refractivity contribution < 1.29 is 5.11 Å². The second kappa shape index (κ2) is 5.79. The summed E-state index contributed by atoms with van der Waals surface area (Å²) in [6.45, 7) is 4.62. The van der Waals surface area contributed by atoms with Crippen molar-refractivity contribution in [1.82, 2.24) is 4.90 Å². The van der Waals surface area contributed by atoms with E-state index in [-0.39, 0.29) is 0 Å². The van der Waals surface area contributed by atoms with Crippen LogP contribution in [0.25, 0.3) is 0 Å². The number of benzene rings is 1. The van der Waals surface area contributed by atoms with Crippen molar-refractivity contribution in [3.8, 4) is 0 Å². The first-order valence-corrected chi connectivity index (χ1v) is 7.11. The highest BCUT2D eigenvalue weighted by Gasteiger charge is 2.25. The van der Waals surface area contributed by atoms with Crippen LogP contribution in [0, 0.1) is 0 Å². The van der Waals surface area contributed by atoms with E-state index in [9.17, 15) is 5.11 Å². The molecule has 1 aliphatic rings. The van der Waals surface area contributed by atoms with Gasteiger partial charge in [-0.1, -0.05) is 35.3 Å². The molecule has 0 saturated carbocycles. The fourth-order valence-electron chi connectivity index (χ4n) is 2.39. The van der Waals surface area contributed by atoms with Gasteiger partial charge in [0.1, 0.15) is 0 Å². The summed E-state index contributed by atoms with van der Waals surface area (Å²) in [5, 5.41) is 11.3. The lowest BCUT2D eigenvalue weighted by Gasteiger charge is -2.22. The number of likely N-dealkylation sites (tertiary alicyclic amines) is 1. The minimum Gasteiger partial charge on any atom is -0.390 e. The minimum atomic E-state index is -0.521. The van der Waals surface area contributed by atoms with Gasteiger partial charge < -0.3 is 5.11 Å². The molecular weight excluding hydrogens is 269 g/mol. The Labute approximate surface area is 119 Å². The lowest BCUT2D eigenvalue weighted by molar-refractivity contribution is 0.0444. The molecule has 100 valence electrons. The molecule has 1 heterocycles. The first-order chi connectivity index (χ1) is 8.48. The van der Waals surface area contributed by atoms with Gasteiger partial charge in [0, 0.05) is 13.1 Å². The summed E-state index contributed by atoms with van der Waals surface area (Å²) in [6, 6.07) is 5.75. The molecule has 0 amide bonds. The summed E-state index contributed by atoms with van der Waals surface area (Å²) in [7, 11) is 0. The zero-order valence-electron chi connectivity index (χ0n) is 10.6. The minimum absolute atomic E-state index is 0.521. The molecule has 1 aliphatic heterocycles. The molecule has 4 heteroatoms. The van der Waals surface area contributed by atoms with Crippen molar-refractivity contribution in [2.75, 3.05) is 13.1 Å². The maximum absolute atomic E-state index is 10.1. The molecule has 2 rings (SSSR count). The average Bonchev–Trinajstić information content (AvgIpc) is 2.47. The zero-order chi connectivity index (χ0) is 13.2. The summed E-state index contributed by atoms with van der Waals surface area (Å²) in [6.07, 6.45) is 2.70. The van der Waals surface area contributed by atoms with Crippen LogP contribution in [0.3, 0.4) is 0 Å². The second-order valence-corrected chi connectivity index (χ2v) is 6.12. The van der Waals surface area contributed by atoms with Crippen LogP contribution in [0.2, 0.25) is 10.0 Å². The summed E-state index contributed by atoms with van der Waals surface area (Å²) in [5.41, 5.74) is 0.540. The summed E-state index contributed by atoms with van der Waals surface area (Å²) in [4.78, 5) is 2.33. The maximum atomic E-state index is 10.1. The van der Waals surface area contributed by atoms with Crippen LogP contribution in [0.1, 0.15) is 31.7 Å². The molecule has 1 fully saturated rings. The van der Waals surface area contributed by atoms with E-state index in [2.05, 4.69) is 4.90 Å². The molecule has 0 unspecified atom stereocenters. The fourth-order valence-corrected chi connectivity index (χ4v) is 2.77. The average molecular weight is 288 g/mol. The van der Waals surface area contributed by atoms with Crippen molar-refractivity contribution in [3.63, 3.8) is 0 Å². The molecule has 1 atom stereocenters. The van der Waals surface area contributed by atoms with Gasteiger partial charge in [-0.15, -0.1) is 0 Å². The predicted octanol–water partition coefficient (Wildman–Crippen LogP) is 3.73. The van der Waals surface area contributed by atoms with Gasteiger partial charge in [-0.05, 0) is 44.4 Å². The van der Waals surface area contributed by atoms with Gasteiger partial charge in [-0.3, -0.25) is 4.90 Å². The number of nitrogens with zero attached hydrogens (tertiary/aromatic N) is 1. The van der Waals surface area contributed by atoms with E-state index in [1.807, 2.05) is 19.1 Å². The van der Waals surface area contributed by atoms with Crippen molar-refractivity contribution in [3.05, 3.63) is 33.8 Å². The molecule has 1 N–H and O–H groups in total. The fraction of sp³-hybridized carbons (Fsp3) is 0.571. The molecule has 0 aliphatic carbocycles. The zero-order valence-corrected chi connectivity index (χ0v) is 12.1. The highest BCUT2D eigenvalue weighted by atomic mass is 35.5. The van der Waals surface area contributed by atoms with Crippen LogP contribution in [-0.2, 0) is 6.54 Å². The largest absolute Gasteiger partial charge is 0.390 e. The summed E-state index contributed by atoms with van der Waals surface area (Å²) in [5.74, 6) is 0. The molecule has 1 aromatic rings. The Morgan fingerprint density at radius 1 is 1.28 bits per heavy atom. The third-order valence-corrected chi connectivity index (χ3v) is 4.44. The Kier molecular flexibility index (Phi) is 4.54. The van der Waals surface area contributed by atoms with Gasteiger partial charge in [0.15, 0.2) is 0 Å². The van der Waals surface area contributed by atoms with Gasteiger partial charge in [0.05, 0.1) is 15.6 Å². The number of hydrogen-bond donors (Lipinski definition) is 1. The smallest absolute Gasteiger partial charge is 0.0637 e. The summed E-state index contributed by atoms with van der Waals surface area (Å²) >= 11 is 12.2. The van der Waals surface area contributed by atoms with Gasteiger partial charge >= 0.3 is 0 Å². The summed E-state index contributed by atoms with van der Waals surface area (Å²) < 4.78 is 0. The molecule has 2 nitrogen and oxygen atoms in total. The predicted molar refractivity (Wildman–Crippen MR) is 76.2 cm³/mol. The number of hydrogen-bond acceptors (Lipinski definition) is 2. The standard InChI is InChI=1S/C14H19Cl2NO/c1-14(18)6-3-8-17(9-7-14)10-11-4-2-5-12(15)13(11)16/h2,4-5,18H,3,6-10H2,1H3/t14-/m1/s1. The van der Waals surface area contributed by atoms with E-state index in [4.69, 9.17) is 23.2 Å². The van der Waals surface area contributed by atoms with E-state index in [1.54, 1.807) is 6.07 Å². The van der Waals surface area contributed by atoms with Crippen LogP contribution >= 0.6 is 23.2 Å². The third kappa shape index (κ3) is 3.61. The van der Waals surface area contributed by atoms with E-state index in [0.717, 1.165) is 44.5 Å².